The molecule has 0 aliphatic rings. The molecule has 2 heterocycles. The van der Waals surface area contributed by atoms with Gasteiger partial charge in [0.25, 0.3) is 0 Å². The summed E-state index contributed by atoms with van der Waals surface area (Å²) >= 11 is 1.79. The van der Waals surface area contributed by atoms with Crippen molar-refractivity contribution in [2.75, 3.05) is 11.9 Å². The average Bonchev–Trinajstić information content (AvgIpc) is 2.92. The third-order valence-electron chi connectivity index (χ3n) is 3.99. The van der Waals surface area contributed by atoms with E-state index in [4.69, 9.17) is 0 Å². The van der Waals surface area contributed by atoms with E-state index in [0.29, 0.717) is 0 Å². The molecule has 3 nitrogen and oxygen atoms in total. The molecule has 23 heavy (non-hydrogen) atoms. The van der Waals surface area contributed by atoms with E-state index in [1.54, 1.807) is 11.3 Å². The Bertz CT molecular complexity index is 807. The maximum Gasteiger partial charge on any atom is 0.130 e. The van der Waals surface area contributed by atoms with E-state index in [1.807, 2.05) is 6.92 Å². The molecule has 1 N–H and O–H groups in total. The number of aryl methyl sites for hydroxylation is 2. The van der Waals surface area contributed by atoms with Crippen molar-refractivity contribution in [3.05, 3.63) is 41.0 Å². The fraction of sp³-hybridized carbons (Fsp3) is 0.368. The molecule has 0 atom stereocenters. The summed E-state index contributed by atoms with van der Waals surface area (Å²) in [6, 6.07) is 8.64. The lowest BCUT2D eigenvalue weighted by Crippen LogP contribution is -2.05. The third-order valence-corrected chi connectivity index (χ3v) is 5.07. The maximum absolute atomic E-state index is 4.62. The monoisotopic (exact) mass is 325 g/mol. The van der Waals surface area contributed by atoms with E-state index in [1.165, 1.54) is 34.9 Å². The number of rotatable bonds is 6. The molecule has 1 aromatic carbocycles. The van der Waals surface area contributed by atoms with E-state index in [9.17, 15) is 0 Å². The molecular formula is C19H23N3S. The maximum atomic E-state index is 4.62. The van der Waals surface area contributed by atoms with Gasteiger partial charge in [-0.05, 0) is 48.7 Å². The van der Waals surface area contributed by atoms with Gasteiger partial charge in [-0.1, -0.05) is 25.8 Å². The van der Waals surface area contributed by atoms with Crippen molar-refractivity contribution in [1.82, 2.24) is 9.97 Å². The first-order valence-corrected chi connectivity index (χ1v) is 9.13. The summed E-state index contributed by atoms with van der Waals surface area (Å²) in [7, 11) is 0. The molecule has 0 spiro atoms. The number of hydrogen-bond acceptors (Lipinski definition) is 4. The summed E-state index contributed by atoms with van der Waals surface area (Å²) in [5, 5.41) is 6.95. The summed E-state index contributed by atoms with van der Waals surface area (Å²) < 4.78 is 1.33. The topological polar surface area (TPSA) is 37.8 Å². The van der Waals surface area contributed by atoms with Crippen molar-refractivity contribution in [1.29, 1.82) is 0 Å². The van der Waals surface area contributed by atoms with Crippen LogP contribution in [0.25, 0.3) is 21.3 Å². The Morgan fingerprint density at radius 3 is 2.78 bits per heavy atom. The number of aromatic nitrogens is 2. The highest BCUT2D eigenvalue weighted by atomic mass is 32.1. The summed E-state index contributed by atoms with van der Waals surface area (Å²) in [6.07, 6.45) is 3.66. The number of fused-ring (bicyclic) bond motifs is 1. The van der Waals surface area contributed by atoms with Crippen molar-refractivity contribution in [2.24, 2.45) is 0 Å². The standard InChI is InChI=1S/C19H23N3S/c1-4-5-6-9-20-19-11-17(21-14(3)22-19)15-7-8-18-16(10-15)13(2)12-23-18/h7-8,10-12H,4-6,9H2,1-3H3,(H,20,21,22). The van der Waals surface area contributed by atoms with Gasteiger partial charge in [0, 0.05) is 22.9 Å². The lowest BCUT2D eigenvalue weighted by atomic mass is 10.1. The highest BCUT2D eigenvalue weighted by Gasteiger charge is 2.07. The summed E-state index contributed by atoms with van der Waals surface area (Å²) in [5.41, 5.74) is 3.47. The predicted molar refractivity (Wildman–Crippen MR) is 100 cm³/mol. The first-order chi connectivity index (χ1) is 11.2. The number of unbranched alkanes of at least 4 members (excludes halogenated alkanes) is 2. The van der Waals surface area contributed by atoms with E-state index < -0.39 is 0 Å². The molecule has 4 heteroatoms. The van der Waals surface area contributed by atoms with E-state index >= 15 is 0 Å². The van der Waals surface area contributed by atoms with Crippen LogP contribution in [0, 0.1) is 13.8 Å². The van der Waals surface area contributed by atoms with Crippen molar-refractivity contribution < 1.29 is 0 Å². The molecule has 0 aliphatic carbocycles. The van der Waals surface area contributed by atoms with E-state index in [-0.39, 0.29) is 0 Å². The van der Waals surface area contributed by atoms with Gasteiger partial charge in [0.05, 0.1) is 5.69 Å². The zero-order chi connectivity index (χ0) is 16.2. The molecule has 0 bridgehead atoms. The number of anilines is 1. The van der Waals surface area contributed by atoms with Gasteiger partial charge in [-0.15, -0.1) is 11.3 Å². The molecule has 0 unspecified atom stereocenters. The smallest absolute Gasteiger partial charge is 0.130 e. The van der Waals surface area contributed by atoms with Gasteiger partial charge < -0.3 is 5.32 Å². The van der Waals surface area contributed by atoms with Gasteiger partial charge in [-0.2, -0.15) is 0 Å². The largest absolute Gasteiger partial charge is 0.370 e. The fourth-order valence-corrected chi connectivity index (χ4v) is 3.64. The predicted octanol–water partition coefficient (Wildman–Crippen LogP) is 5.58. The van der Waals surface area contributed by atoms with Gasteiger partial charge in [0.15, 0.2) is 0 Å². The number of benzene rings is 1. The lowest BCUT2D eigenvalue weighted by Gasteiger charge is -2.09. The SMILES string of the molecule is CCCCCNc1cc(-c2ccc3scc(C)c3c2)nc(C)n1. The molecule has 0 amide bonds. The van der Waals surface area contributed by atoms with Crippen molar-refractivity contribution >= 4 is 27.2 Å². The van der Waals surface area contributed by atoms with Crippen LogP contribution in [0.2, 0.25) is 0 Å². The molecule has 0 saturated carbocycles. The molecule has 120 valence electrons. The zero-order valence-corrected chi connectivity index (χ0v) is 14.8. The second kappa shape index (κ2) is 7.09. The van der Waals surface area contributed by atoms with E-state index in [0.717, 1.165) is 29.4 Å². The van der Waals surface area contributed by atoms with Crippen LogP contribution in [0.3, 0.4) is 0 Å². The minimum atomic E-state index is 0.808. The molecular weight excluding hydrogens is 302 g/mol. The number of thiophene rings is 1. The van der Waals surface area contributed by atoms with Crippen LogP contribution in [-0.2, 0) is 0 Å². The van der Waals surface area contributed by atoms with Crippen LogP contribution in [0.1, 0.15) is 37.6 Å². The molecule has 0 radical (unpaired) electrons. The minimum Gasteiger partial charge on any atom is -0.370 e. The highest BCUT2D eigenvalue weighted by molar-refractivity contribution is 7.17. The van der Waals surface area contributed by atoms with Crippen molar-refractivity contribution in [3.63, 3.8) is 0 Å². The minimum absolute atomic E-state index is 0.808. The molecule has 3 aromatic rings. The number of hydrogen-bond donors (Lipinski definition) is 1. The quantitative estimate of drug-likeness (QED) is 0.601. The lowest BCUT2D eigenvalue weighted by molar-refractivity contribution is 0.742. The molecule has 2 aromatic heterocycles. The first-order valence-electron chi connectivity index (χ1n) is 8.25. The number of nitrogens with one attached hydrogen (secondary N) is 1. The summed E-state index contributed by atoms with van der Waals surface area (Å²) in [6.45, 7) is 7.30. The van der Waals surface area contributed by atoms with Crippen LogP contribution < -0.4 is 5.32 Å². The van der Waals surface area contributed by atoms with Gasteiger partial charge in [0.1, 0.15) is 11.6 Å². The Hall–Kier alpha value is -1.94. The molecule has 0 fully saturated rings. The average molecular weight is 325 g/mol. The van der Waals surface area contributed by atoms with Gasteiger partial charge in [-0.3, -0.25) is 0 Å². The normalized spacial score (nSPS) is 11.1. The van der Waals surface area contributed by atoms with Gasteiger partial charge in [-0.25, -0.2) is 9.97 Å². The number of nitrogens with zero attached hydrogens (tertiary/aromatic N) is 2. The molecule has 0 aliphatic heterocycles. The third kappa shape index (κ3) is 3.70. The Kier molecular flexibility index (Phi) is 4.91. The van der Waals surface area contributed by atoms with Crippen LogP contribution >= 0.6 is 11.3 Å². The molecule has 0 saturated heterocycles. The summed E-state index contributed by atoms with van der Waals surface area (Å²) in [5.74, 6) is 1.73. The van der Waals surface area contributed by atoms with Crippen LogP contribution in [0.15, 0.2) is 29.6 Å². The summed E-state index contributed by atoms with van der Waals surface area (Å²) in [4.78, 5) is 9.13. The first kappa shape index (κ1) is 15.9. The van der Waals surface area contributed by atoms with Crippen LogP contribution in [0.4, 0.5) is 5.82 Å². The van der Waals surface area contributed by atoms with E-state index in [2.05, 4.69) is 58.8 Å². The second-order valence-electron chi connectivity index (χ2n) is 5.95. The Morgan fingerprint density at radius 2 is 1.96 bits per heavy atom. The Balaban J connectivity index is 1.88. The van der Waals surface area contributed by atoms with Gasteiger partial charge in [0.2, 0.25) is 0 Å². The highest BCUT2D eigenvalue weighted by Crippen LogP contribution is 2.30. The Morgan fingerprint density at radius 1 is 1.09 bits per heavy atom. The zero-order valence-electron chi connectivity index (χ0n) is 14.0. The van der Waals surface area contributed by atoms with Gasteiger partial charge >= 0.3 is 0 Å². The second-order valence-corrected chi connectivity index (χ2v) is 6.86. The fourth-order valence-electron chi connectivity index (χ4n) is 2.71. The van der Waals surface area contributed by atoms with Crippen molar-refractivity contribution in [3.8, 4) is 11.3 Å². The Labute approximate surface area is 141 Å². The van der Waals surface area contributed by atoms with Crippen molar-refractivity contribution in [2.45, 2.75) is 40.0 Å². The van der Waals surface area contributed by atoms with Crippen LogP contribution in [-0.4, -0.2) is 16.5 Å². The van der Waals surface area contributed by atoms with Crippen LogP contribution in [0.5, 0.6) is 0 Å². The molecule has 3 rings (SSSR count).